The Morgan fingerprint density at radius 3 is 2.65 bits per heavy atom. The van der Waals surface area contributed by atoms with E-state index in [1.54, 1.807) is 0 Å². The highest BCUT2D eigenvalue weighted by Gasteiger charge is 2.16. The maximum atomic E-state index is 12.7. The minimum atomic E-state index is -0.0184. The Morgan fingerprint density at radius 2 is 1.81 bits per heavy atom. The van der Waals surface area contributed by atoms with Crippen molar-refractivity contribution in [2.45, 2.75) is 13.5 Å². The van der Waals surface area contributed by atoms with E-state index >= 15 is 0 Å². The number of rotatable bonds is 4. The fourth-order valence-electron chi connectivity index (χ4n) is 3.55. The molecule has 134 valence electrons. The van der Waals surface area contributed by atoms with Crippen molar-refractivity contribution in [3.8, 4) is 0 Å². The first-order valence-corrected chi connectivity index (χ1v) is 8.99. The van der Waals surface area contributed by atoms with E-state index in [0.717, 1.165) is 54.3 Å². The van der Waals surface area contributed by atoms with Gasteiger partial charge in [-0.05, 0) is 36.6 Å². The molecule has 5 heteroatoms. The molecule has 4 rings (SSSR count). The molecule has 0 spiro atoms. The Kier molecular flexibility index (Phi) is 4.63. The van der Waals surface area contributed by atoms with Gasteiger partial charge in [-0.25, -0.2) is 0 Å². The van der Waals surface area contributed by atoms with Crippen LogP contribution in [0.4, 0.5) is 11.4 Å². The van der Waals surface area contributed by atoms with Crippen LogP contribution in [0.5, 0.6) is 0 Å². The van der Waals surface area contributed by atoms with E-state index in [0.29, 0.717) is 6.54 Å². The zero-order chi connectivity index (χ0) is 17.9. The van der Waals surface area contributed by atoms with Gasteiger partial charge in [0.15, 0.2) is 0 Å². The van der Waals surface area contributed by atoms with Crippen molar-refractivity contribution in [1.82, 2.24) is 4.57 Å². The van der Waals surface area contributed by atoms with Crippen LogP contribution in [0, 0.1) is 6.92 Å². The summed E-state index contributed by atoms with van der Waals surface area (Å²) >= 11 is 0. The molecule has 1 saturated heterocycles. The minimum absolute atomic E-state index is 0.0184. The van der Waals surface area contributed by atoms with E-state index < -0.39 is 0 Å². The van der Waals surface area contributed by atoms with Crippen LogP contribution in [-0.4, -0.2) is 36.8 Å². The fourth-order valence-corrected chi connectivity index (χ4v) is 3.55. The third-order valence-corrected chi connectivity index (χ3v) is 4.85. The third kappa shape index (κ3) is 3.30. The van der Waals surface area contributed by atoms with Gasteiger partial charge in [-0.15, -0.1) is 0 Å². The van der Waals surface area contributed by atoms with E-state index in [1.165, 1.54) is 0 Å². The van der Waals surface area contributed by atoms with Crippen molar-refractivity contribution in [2.24, 2.45) is 0 Å². The molecular formula is C21H23N3O2. The number of nitrogens with zero attached hydrogens (tertiary/aromatic N) is 2. The van der Waals surface area contributed by atoms with Crippen molar-refractivity contribution < 1.29 is 9.53 Å². The molecule has 0 radical (unpaired) electrons. The average molecular weight is 349 g/mol. The summed E-state index contributed by atoms with van der Waals surface area (Å²) in [4.78, 5) is 15.0. The molecule has 0 unspecified atom stereocenters. The number of hydrogen-bond donors (Lipinski definition) is 1. The first-order valence-electron chi connectivity index (χ1n) is 8.99. The summed E-state index contributed by atoms with van der Waals surface area (Å²) in [5.74, 6) is -0.0184. The first-order chi connectivity index (χ1) is 12.7. The maximum absolute atomic E-state index is 12.7. The van der Waals surface area contributed by atoms with E-state index in [4.69, 9.17) is 4.74 Å². The number of nitrogens with one attached hydrogen (secondary N) is 1. The van der Waals surface area contributed by atoms with Crippen LogP contribution in [0.3, 0.4) is 0 Å². The summed E-state index contributed by atoms with van der Waals surface area (Å²) in [7, 11) is 0. The topological polar surface area (TPSA) is 46.5 Å². The number of amides is 1. The summed E-state index contributed by atoms with van der Waals surface area (Å²) in [6, 6.07) is 18.2. The lowest BCUT2D eigenvalue weighted by molar-refractivity contribution is -0.116. The number of fused-ring (bicyclic) bond motifs is 1. The SMILES string of the molecule is Cc1cc2ccccc2n1CC(=O)Nc1ccccc1N1CCOCC1. The van der Waals surface area contributed by atoms with E-state index in [1.807, 2.05) is 37.3 Å². The smallest absolute Gasteiger partial charge is 0.244 e. The van der Waals surface area contributed by atoms with E-state index in [9.17, 15) is 4.79 Å². The van der Waals surface area contributed by atoms with Gasteiger partial charge in [0.2, 0.25) is 5.91 Å². The van der Waals surface area contributed by atoms with Gasteiger partial charge in [-0.2, -0.15) is 0 Å². The predicted molar refractivity (Wildman–Crippen MR) is 105 cm³/mol. The molecule has 3 aromatic rings. The van der Waals surface area contributed by atoms with Gasteiger partial charge in [0.05, 0.1) is 24.6 Å². The third-order valence-electron chi connectivity index (χ3n) is 4.85. The second-order valence-electron chi connectivity index (χ2n) is 6.60. The molecular weight excluding hydrogens is 326 g/mol. The highest BCUT2D eigenvalue weighted by Crippen LogP contribution is 2.26. The highest BCUT2D eigenvalue weighted by molar-refractivity contribution is 5.95. The molecule has 26 heavy (non-hydrogen) atoms. The standard InChI is InChI=1S/C21H23N3O2/c1-16-14-17-6-2-4-8-19(17)24(16)15-21(25)22-18-7-3-5-9-20(18)23-10-12-26-13-11-23/h2-9,14H,10-13,15H2,1H3,(H,22,25). The molecule has 1 aliphatic rings. The summed E-state index contributed by atoms with van der Waals surface area (Å²) in [6.07, 6.45) is 0. The first kappa shape index (κ1) is 16.7. The Balaban J connectivity index is 1.54. The molecule has 1 aromatic heterocycles. The van der Waals surface area contributed by atoms with Crippen molar-refractivity contribution in [3.63, 3.8) is 0 Å². The maximum Gasteiger partial charge on any atom is 0.244 e. The normalized spacial score (nSPS) is 14.6. The minimum Gasteiger partial charge on any atom is -0.378 e. The van der Waals surface area contributed by atoms with Gasteiger partial charge in [0.1, 0.15) is 6.54 Å². The zero-order valence-electron chi connectivity index (χ0n) is 14.9. The lowest BCUT2D eigenvalue weighted by Gasteiger charge is -2.30. The Labute approximate surface area is 153 Å². The number of para-hydroxylation sites is 3. The van der Waals surface area contributed by atoms with Crippen LogP contribution in [0.1, 0.15) is 5.69 Å². The number of ether oxygens (including phenoxy) is 1. The number of carbonyl (C=O) groups excluding carboxylic acids is 1. The number of anilines is 2. The lowest BCUT2D eigenvalue weighted by Crippen LogP contribution is -2.36. The molecule has 2 heterocycles. The summed E-state index contributed by atoms with van der Waals surface area (Å²) in [5.41, 5.74) is 4.08. The molecule has 2 aromatic carbocycles. The molecule has 5 nitrogen and oxygen atoms in total. The number of benzene rings is 2. The van der Waals surface area contributed by atoms with Gasteiger partial charge in [-0.1, -0.05) is 30.3 Å². The van der Waals surface area contributed by atoms with Crippen LogP contribution >= 0.6 is 0 Å². The molecule has 1 fully saturated rings. The number of hydrogen-bond acceptors (Lipinski definition) is 3. The number of aryl methyl sites for hydroxylation is 1. The summed E-state index contributed by atoms with van der Waals surface area (Å²) in [6.45, 7) is 5.46. The quantitative estimate of drug-likeness (QED) is 0.785. The molecule has 0 bridgehead atoms. The molecule has 1 aliphatic heterocycles. The lowest BCUT2D eigenvalue weighted by atomic mass is 10.2. The highest BCUT2D eigenvalue weighted by atomic mass is 16.5. The van der Waals surface area contributed by atoms with Gasteiger partial charge in [0.25, 0.3) is 0 Å². The monoisotopic (exact) mass is 349 g/mol. The number of morpholine rings is 1. The van der Waals surface area contributed by atoms with Gasteiger partial charge in [0, 0.05) is 24.3 Å². The van der Waals surface area contributed by atoms with Crippen LogP contribution in [0.2, 0.25) is 0 Å². The zero-order valence-corrected chi connectivity index (χ0v) is 14.9. The molecule has 0 saturated carbocycles. The average Bonchev–Trinajstić information content (AvgIpc) is 2.98. The van der Waals surface area contributed by atoms with E-state index in [-0.39, 0.29) is 5.91 Å². The van der Waals surface area contributed by atoms with Crippen LogP contribution < -0.4 is 10.2 Å². The molecule has 0 aliphatic carbocycles. The summed E-state index contributed by atoms with van der Waals surface area (Å²) in [5, 5.41) is 4.25. The van der Waals surface area contributed by atoms with Gasteiger partial charge < -0.3 is 19.5 Å². The molecule has 0 atom stereocenters. The van der Waals surface area contributed by atoms with Gasteiger partial charge >= 0.3 is 0 Å². The van der Waals surface area contributed by atoms with Crippen molar-refractivity contribution >= 4 is 28.2 Å². The van der Waals surface area contributed by atoms with Crippen LogP contribution in [-0.2, 0) is 16.1 Å². The van der Waals surface area contributed by atoms with Crippen LogP contribution in [0.15, 0.2) is 54.6 Å². The Hall–Kier alpha value is -2.79. The van der Waals surface area contributed by atoms with E-state index in [2.05, 4.69) is 39.0 Å². The molecule has 1 N–H and O–H groups in total. The molecule has 1 amide bonds. The number of aromatic nitrogens is 1. The Morgan fingerprint density at radius 1 is 1.08 bits per heavy atom. The van der Waals surface area contributed by atoms with Crippen molar-refractivity contribution in [1.29, 1.82) is 0 Å². The largest absolute Gasteiger partial charge is 0.378 e. The Bertz CT molecular complexity index is 926. The summed E-state index contributed by atoms with van der Waals surface area (Å²) < 4.78 is 7.49. The van der Waals surface area contributed by atoms with Crippen molar-refractivity contribution in [2.75, 3.05) is 36.5 Å². The predicted octanol–water partition coefficient (Wildman–Crippen LogP) is 3.43. The second kappa shape index (κ2) is 7.22. The number of carbonyl (C=O) groups is 1. The van der Waals surface area contributed by atoms with Gasteiger partial charge in [-0.3, -0.25) is 4.79 Å². The fraction of sp³-hybridized carbons (Fsp3) is 0.286. The van der Waals surface area contributed by atoms with Crippen LogP contribution in [0.25, 0.3) is 10.9 Å². The van der Waals surface area contributed by atoms with Crippen molar-refractivity contribution in [3.05, 3.63) is 60.3 Å². The second-order valence-corrected chi connectivity index (χ2v) is 6.60.